The van der Waals surface area contributed by atoms with Crippen molar-refractivity contribution in [2.75, 3.05) is 6.54 Å². The molecular formula is C17H21ClFN5O. The minimum atomic E-state index is -0.507. The van der Waals surface area contributed by atoms with Crippen molar-refractivity contribution in [1.82, 2.24) is 19.9 Å². The third-order valence-electron chi connectivity index (χ3n) is 4.66. The van der Waals surface area contributed by atoms with E-state index in [2.05, 4.69) is 10.3 Å². The minimum absolute atomic E-state index is 0.00562. The quantitative estimate of drug-likeness (QED) is 0.907. The Hall–Kier alpha value is -1.99. The lowest BCUT2D eigenvalue weighted by atomic mass is 9.96. The highest BCUT2D eigenvalue weighted by Crippen LogP contribution is 2.24. The van der Waals surface area contributed by atoms with Gasteiger partial charge in [-0.3, -0.25) is 4.79 Å². The van der Waals surface area contributed by atoms with E-state index in [0.29, 0.717) is 17.9 Å². The Kier molecular flexibility index (Phi) is 5.06. The van der Waals surface area contributed by atoms with Gasteiger partial charge < -0.3 is 10.6 Å². The molecule has 134 valence electrons. The maximum absolute atomic E-state index is 13.4. The lowest BCUT2D eigenvalue weighted by Gasteiger charge is -2.37. The summed E-state index contributed by atoms with van der Waals surface area (Å²) in [7, 11) is 0. The second-order valence-electron chi connectivity index (χ2n) is 6.45. The van der Waals surface area contributed by atoms with Crippen molar-refractivity contribution in [3.8, 4) is 5.69 Å². The fourth-order valence-corrected chi connectivity index (χ4v) is 3.46. The SMILES string of the molecule is Cc1c(C(=O)N2CCCCC2C(C)N)nnn1-c1ccc(F)c(Cl)c1. The van der Waals surface area contributed by atoms with Gasteiger partial charge in [0.25, 0.3) is 5.91 Å². The molecule has 1 aromatic carbocycles. The van der Waals surface area contributed by atoms with Crippen molar-refractivity contribution < 1.29 is 9.18 Å². The van der Waals surface area contributed by atoms with Crippen LogP contribution in [0.1, 0.15) is 42.4 Å². The van der Waals surface area contributed by atoms with Crippen LogP contribution in [0.4, 0.5) is 4.39 Å². The van der Waals surface area contributed by atoms with E-state index in [0.717, 1.165) is 19.3 Å². The summed E-state index contributed by atoms with van der Waals surface area (Å²) in [6.45, 7) is 4.34. The van der Waals surface area contributed by atoms with E-state index in [1.807, 2.05) is 6.92 Å². The molecule has 6 nitrogen and oxygen atoms in total. The Bertz CT molecular complexity index is 791. The zero-order chi connectivity index (χ0) is 18.1. The summed E-state index contributed by atoms with van der Waals surface area (Å²) in [4.78, 5) is 14.8. The van der Waals surface area contributed by atoms with Crippen LogP contribution in [0.5, 0.6) is 0 Å². The van der Waals surface area contributed by atoms with Gasteiger partial charge in [0.05, 0.1) is 16.4 Å². The number of halogens is 2. The molecule has 0 aliphatic carbocycles. The van der Waals surface area contributed by atoms with Gasteiger partial charge in [-0.2, -0.15) is 0 Å². The number of aromatic nitrogens is 3. The number of nitrogens with zero attached hydrogens (tertiary/aromatic N) is 4. The number of rotatable bonds is 3. The molecule has 1 saturated heterocycles. The predicted octanol–water partition coefficient (Wildman–Crippen LogP) is 2.71. The zero-order valence-corrected chi connectivity index (χ0v) is 15.0. The molecule has 2 unspecified atom stereocenters. The number of piperidine rings is 1. The van der Waals surface area contributed by atoms with E-state index in [1.54, 1.807) is 17.9 Å². The first kappa shape index (κ1) is 17.8. The van der Waals surface area contributed by atoms with Crippen molar-refractivity contribution in [1.29, 1.82) is 0 Å². The van der Waals surface area contributed by atoms with E-state index in [9.17, 15) is 9.18 Å². The smallest absolute Gasteiger partial charge is 0.276 e. The van der Waals surface area contributed by atoms with E-state index >= 15 is 0 Å². The van der Waals surface area contributed by atoms with Crippen LogP contribution in [-0.4, -0.2) is 44.4 Å². The maximum Gasteiger partial charge on any atom is 0.276 e. The van der Waals surface area contributed by atoms with Gasteiger partial charge >= 0.3 is 0 Å². The van der Waals surface area contributed by atoms with E-state index in [-0.39, 0.29) is 28.7 Å². The van der Waals surface area contributed by atoms with E-state index in [4.69, 9.17) is 17.3 Å². The molecule has 1 amide bonds. The van der Waals surface area contributed by atoms with Crippen LogP contribution in [0.15, 0.2) is 18.2 Å². The lowest BCUT2D eigenvalue weighted by molar-refractivity contribution is 0.0577. The van der Waals surface area contributed by atoms with Crippen molar-refractivity contribution >= 4 is 17.5 Å². The van der Waals surface area contributed by atoms with Crippen LogP contribution < -0.4 is 5.73 Å². The van der Waals surface area contributed by atoms with Gasteiger partial charge in [-0.25, -0.2) is 9.07 Å². The fraction of sp³-hybridized carbons (Fsp3) is 0.471. The molecule has 2 atom stereocenters. The summed E-state index contributed by atoms with van der Waals surface area (Å²) in [6, 6.07) is 4.17. The van der Waals surface area contributed by atoms with Crippen molar-refractivity contribution in [2.45, 2.75) is 45.2 Å². The molecule has 8 heteroatoms. The largest absolute Gasteiger partial charge is 0.333 e. The Balaban J connectivity index is 1.92. The van der Waals surface area contributed by atoms with Gasteiger partial charge in [-0.15, -0.1) is 5.10 Å². The monoisotopic (exact) mass is 365 g/mol. The molecule has 0 bridgehead atoms. The molecule has 1 aromatic heterocycles. The number of carbonyl (C=O) groups is 1. The number of amides is 1. The van der Waals surface area contributed by atoms with Gasteiger partial charge in [0, 0.05) is 18.6 Å². The number of carbonyl (C=O) groups excluding carboxylic acids is 1. The highest BCUT2D eigenvalue weighted by Gasteiger charge is 2.32. The molecule has 25 heavy (non-hydrogen) atoms. The summed E-state index contributed by atoms with van der Waals surface area (Å²) < 4.78 is 14.8. The van der Waals surface area contributed by atoms with Crippen LogP contribution >= 0.6 is 11.6 Å². The van der Waals surface area contributed by atoms with Crippen LogP contribution in [0.2, 0.25) is 5.02 Å². The first-order valence-corrected chi connectivity index (χ1v) is 8.72. The summed E-state index contributed by atoms with van der Waals surface area (Å²) in [5, 5.41) is 8.10. The zero-order valence-electron chi connectivity index (χ0n) is 14.2. The predicted molar refractivity (Wildman–Crippen MR) is 93.4 cm³/mol. The van der Waals surface area contributed by atoms with Crippen molar-refractivity contribution in [2.24, 2.45) is 5.73 Å². The van der Waals surface area contributed by atoms with Gasteiger partial charge in [-0.1, -0.05) is 16.8 Å². The maximum atomic E-state index is 13.4. The van der Waals surface area contributed by atoms with Crippen LogP contribution in [-0.2, 0) is 0 Å². The number of benzene rings is 1. The summed E-state index contributed by atoms with van der Waals surface area (Å²) >= 11 is 5.84. The number of hydrogen-bond donors (Lipinski definition) is 1. The van der Waals surface area contributed by atoms with Crippen LogP contribution in [0.3, 0.4) is 0 Å². The minimum Gasteiger partial charge on any atom is -0.333 e. The standard InChI is InChI=1S/C17H21ClFN5O/c1-10(20)15-5-3-4-8-23(15)17(25)16-11(2)24(22-21-16)12-6-7-14(19)13(18)9-12/h6-7,9-10,15H,3-5,8,20H2,1-2H3. The first-order chi connectivity index (χ1) is 11.9. The highest BCUT2D eigenvalue weighted by molar-refractivity contribution is 6.30. The van der Waals surface area contributed by atoms with Gasteiger partial charge in [0.1, 0.15) is 5.82 Å². The molecule has 3 rings (SSSR count). The van der Waals surface area contributed by atoms with Crippen molar-refractivity contribution in [3.05, 3.63) is 40.4 Å². The van der Waals surface area contributed by atoms with Gasteiger partial charge in [0.15, 0.2) is 5.69 Å². The Labute approximate surface area is 150 Å². The number of likely N-dealkylation sites (tertiary alicyclic amines) is 1. The lowest BCUT2D eigenvalue weighted by Crippen LogP contribution is -2.51. The molecule has 0 radical (unpaired) electrons. The Morgan fingerprint density at radius 1 is 1.44 bits per heavy atom. The highest BCUT2D eigenvalue weighted by atomic mass is 35.5. The van der Waals surface area contributed by atoms with Crippen molar-refractivity contribution in [3.63, 3.8) is 0 Å². The second kappa shape index (κ2) is 7.09. The molecule has 2 N–H and O–H groups in total. The fourth-order valence-electron chi connectivity index (χ4n) is 3.28. The second-order valence-corrected chi connectivity index (χ2v) is 6.86. The molecular weight excluding hydrogens is 345 g/mol. The molecule has 0 spiro atoms. The third-order valence-corrected chi connectivity index (χ3v) is 4.95. The van der Waals surface area contributed by atoms with Gasteiger partial charge in [0.2, 0.25) is 0 Å². The molecule has 0 saturated carbocycles. The molecule has 1 aliphatic rings. The normalized spacial score (nSPS) is 19.1. The summed E-state index contributed by atoms with van der Waals surface area (Å²) in [6.07, 6.45) is 2.91. The number of nitrogens with two attached hydrogens (primary N) is 1. The molecule has 1 aliphatic heterocycles. The average Bonchev–Trinajstić information content (AvgIpc) is 2.98. The summed E-state index contributed by atoms with van der Waals surface area (Å²) in [5.41, 5.74) is 7.48. The molecule has 2 aromatic rings. The molecule has 1 fully saturated rings. The van der Waals surface area contributed by atoms with E-state index < -0.39 is 5.82 Å². The van der Waals surface area contributed by atoms with Crippen LogP contribution in [0, 0.1) is 12.7 Å². The first-order valence-electron chi connectivity index (χ1n) is 8.34. The summed E-state index contributed by atoms with van der Waals surface area (Å²) in [5.74, 6) is -0.675. The average molecular weight is 366 g/mol. The Morgan fingerprint density at radius 2 is 2.20 bits per heavy atom. The van der Waals surface area contributed by atoms with E-state index in [1.165, 1.54) is 16.8 Å². The number of hydrogen-bond acceptors (Lipinski definition) is 4. The molecule has 2 heterocycles. The third kappa shape index (κ3) is 3.39. The van der Waals surface area contributed by atoms with Gasteiger partial charge in [-0.05, 0) is 51.3 Å². The van der Waals surface area contributed by atoms with Crippen LogP contribution in [0.25, 0.3) is 5.69 Å². The topological polar surface area (TPSA) is 77.0 Å². The Morgan fingerprint density at radius 3 is 2.88 bits per heavy atom.